The van der Waals surface area contributed by atoms with Crippen LogP contribution in [-0.4, -0.2) is 33.6 Å². The van der Waals surface area contributed by atoms with Crippen LogP contribution in [-0.2, 0) is 20.9 Å². The largest absolute Gasteiger partial charge is 0.416 e. The predicted molar refractivity (Wildman–Crippen MR) is 105 cm³/mol. The number of benzene rings is 2. The van der Waals surface area contributed by atoms with E-state index in [0.29, 0.717) is 12.2 Å². The second-order valence-corrected chi connectivity index (χ2v) is 8.76. The van der Waals surface area contributed by atoms with Gasteiger partial charge < -0.3 is 10.1 Å². The molecule has 0 bridgehead atoms. The molecule has 0 radical (unpaired) electrons. The molecule has 2 N–H and O–H groups in total. The number of halogens is 3. The van der Waals surface area contributed by atoms with Crippen molar-refractivity contribution in [3.05, 3.63) is 59.2 Å². The highest BCUT2D eigenvalue weighted by molar-refractivity contribution is 7.89. The molecule has 6 nitrogen and oxygen atoms in total. The Kier molecular flexibility index (Phi) is 6.49. The van der Waals surface area contributed by atoms with Gasteiger partial charge in [0.05, 0.1) is 16.6 Å². The Morgan fingerprint density at radius 2 is 1.97 bits per heavy atom. The van der Waals surface area contributed by atoms with Crippen LogP contribution in [0.2, 0.25) is 0 Å². The lowest BCUT2D eigenvalue weighted by molar-refractivity contribution is -0.137. The third-order valence-corrected chi connectivity index (χ3v) is 6.16. The van der Waals surface area contributed by atoms with Gasteiger partial charge in [0.1, 0.15) is 0 Å². The number of nitrogens with one attached hydrogen (secondary N) is 2. The fourth-order valence-electron chi connectivity index (χ4n) is 3.08. The minimum atomic E-state index is -4.54. The number of rotatable bonds is 6. The highest BCUT2D eigenvalue weighted by Crippen LogP contribution is 2.31. The van der Waals surface area contributed by atoms with E-state index in [0.717, 1.165) is 25.0 Å². The first kappa shape index (κ1) is 22.3. The summed E-state index contributed by atoms with van der Waals surface area (Å²) in [6, 6.07) is 8.27. The third-order valence-electron chi connectivity index (χ3n) is 4.74. The number of hydrogen-bond acceptors (Lipinski definition) is 4. The highest BCUT2D eigenvalue weighted by Gasteiger charge is 2.30. The summed E-state index contributed by atoms with van der Waals surface area (Å²) in [5.41, 5.74) is -0.407. The molecule has 0 spiro atoms. The van der Waals surface area contributed by atoms with Crippen molar-refractivity contribution in [3.63, 3.8) is 0 Å². The molecule has 162 valence electrons. The Bertz CT molecular complexity index is 1030. The molecular formula is C20H21F3N2O4S. The van der Waals surface area contributed by atoms with Crippen molar-refractivity contribution in [2.75, 3.05) is 18.5 Å². The van der Waals surface area contributed by atoms with E-state index in [1.165, 1.54) is 30.3 Å². The molecule has 1 atom stereocenters. The van der Waals surface area contributed by atoms with E-state index in [1.54, 1.807) is 6.92 Å². The van der Waals surface area contributed by atoms with Crippen LogP contribution in [0.25, 0.3) is 0 Å². The fraction of sp³-hybridized carbons (Fsp3) is 0.350. The summed E-state index contributed by atoms with van der Waals surface area (Å²) >= 11 is 0. The molecule has 1 aliphatic rings. The topological polar surface area (TPSA) is 84.5 Å². The lowest BCUT2D eigenvalue weighted by Gasteiger charge is -2.14. The van der Waals surface area contributed by atoms with Gasteiger partial charge in [0, 0.05) is 24.4 Å². The Balaban J connectivity index is 1.78. The van der Waals surface area contributed by atoms with Crippen molar-refractivity contribution < 1.29 is 31.1 Å². The standard InChI is InChI=1S/C20H21F3N2O4S/c1-13-7-8-17(30(27,28)24-12-16-6-3-9-29-16)11-18(13)19(26)25-15-5-2-4-14(10-15)20(21,22)23/h2,4-5,7-8,10-11,16,24H,3,6,9,12H2,1H3,(H,25,26)/t16-/m0/s1. The van der Waals surface area contributed by atoms with Crippen LogP contribution in [0, 0.1) is 6.92 Å². The monoisotopic (exact) mass is 442 g/mol. The molecule has 30 heavy (non-hydrogen) atoms. The summed E-state index contributed by atoms with van der Waals surface area (Å²) in [7, 11) is -3.88. The Labute approximate surface area is 172 Å². The van der Waals surface area contributed by atoms with Gasteiger partial charge in [0.2, 0.25) is 10.0 Å². The van der Waals surface area contributed by atoms with Gasteiger partial charge in [-0.25, -0.2) is 13.1 Å². The first-order chi connectivity index (χ1) is 14.1. The maximum absolute atomic E-state index is 12.9. The van der Waals surface area contributed by atoms with Crippen LogP contribution in [0.3, 0.4) is 0 Å². The number of carbonyl (C=O) groups is 1. The predicted octanol–water partition coefficient (Wildman–Crippen LogP) is 3.72. The zero-order chi connectivity index (χ0) is 21.9. The van der Waals surface area contributed by atoms with E-state index >= 15 is 0 Å². The van der Waals surface area contributed by atoms with Crippen molar-refractivity contribution >= 4 is 21.6 Å². The molecule has 3 rings (SSSR count). The highest BCUT2D eigenvalue weighted by atomic mass is 32.2. The van der Waals surface area contributed by atoms with Crippen LogP contribution in [0.4, 0.5) is 18.9 Å². The molecule has 1 fully saturated rings. The Morgan fingerprint density at radius 3 is 2.63 bits per heavy atom. The second kappa shape index (κ2) is 8.75. The molecule has 10 heteroatoms. The Morgan fingerprint density at radius 1 is 1.20 bits per heavy atom. The fourth-order valence-corrected chi connectivity index (χ4v) is 4.17. The normalized spacial score (nSPS) is 17.1. The number of anilines is 1. The molecule has 1 aliphatic heterocycles. The van der Waals surface area contributed by atoms with Crippen LogP contribution in [0.15, 0.2) is 47.4 Å². The zero-order valence-electron chi connectivity index (χ0n) is 16.1. The molecule has 0 unspecified atom stereocenters. The molecule has 1 saturated heterocycles. The number of carbonyl (C=O) groups excluding carboxylic acids is 1. The lowest BCUT2D eigenvalue weighted by atomic mass is 10.1. The van der Waals surface area contributed by atoms with E-state index in [4.69, 9.17) is 4.74 Å². The maximum Gasteiger partial charge on any atom is 0.416 e. The average Bonchev–Trinajstić information content (AvgIpc) is 3.20. The van der Waals surface area contributed by atoms with E-state index < -0.39 is 27.7 Å². The summed E-state index contributed by atoms with van der Waals surface area (Å²) in [6.07, 6.45) is -3.09. The number of amides is 1. The van der Waals surface area contributed by atoms with Crippen LogP contribution < -0.4 is 10.0 Å². The third kappa shape index (κ3) is 5.38. The summed E-state index contributed by atoms with van der Waals surface area (Å²) in [5.74, 6) is -0.706. The van der Waals surface area contributed by atoms with Crippen molar-refractivity contribution in [2.24, 2.45) is 0 Å². The lowest BCUT2D eigenvalue weighted by Crippen LogP contribution is -2.32. The van der Waals surface area contributed by atoms with Crippen LogP contribution >= 0.6 is 0 Å². The number of ether oxygens (including phenoxy) is 1. The van der Waals surface area contributed by atoms with Crippen LogP contribution in [0.5, 0.6) is 0 Å². The molecule has 1 amide bonds. The van der Waals surface area contributed by atoms with Gasteiger partial charge in [-0.1, -0.05) is 12.1 Å². The smallest absolute Gasteiger partial charge is 0.377 e. The Hall–Kier alpha value is -2.43. The quantitative estimate of drug-likeness (QED) is 0.714. The maximum atomic E-state index is 12.9. The van der Waals surface area contributed by atoms with Gasteiger partial charge in [-0.05, 0) is 55.7 Å². The second-order valence-electron chi connectivity index (χ2n) is 7.00. The van der Waals surface area contributed by atoms with E-state index in [9.17, 15) is 26.4 Å². The number of aryl methyl sites for hydroxylation is 1. The minimum Gasteiger partial charge on any atom is -0.377 e. The van der Waals surface area contributed by atoms with Gasteiger partial charge in [0.25, 0.3) is 5.91 Å². The van der Waals surface area contributed by atoms with Gasteiger partial charge in [-0.2, -0.15) is 13.2 Å². The van der Waals surface area contributed by atoms with E-state index in [-0.39, 0.29) is 28.8 Å². The molecule has 1 heterocycles. The summed E-state index contributed by atoms with van der Waals surface area (Å²) in [4.78, 5) is 12.5. The SMILES string of the molecule is Cc1ccc(S(=O)(=O)NC[C@@H]2CCCO2)cc1C(=O)Nc1cccc(C(F)(F)F)c1. The van der Waals surface area contributed by atoms with Gasteiger partial charge in [-0.15, -0.1) is 0 Å². The van der Waals surface area contributed by atoms with E-state index in [1.807, 2.05) is 0 Å². The minimum absolute atomic E-state index is 0.0426. The summed E-state index contributed by atoms with van der Waals surface area (Å²) in [5, 5.41) is 2.39. The molecule has 2 aromatic rings. The zero-order valence-corrected chi connectivity index (χ0v) is 16.9. The molecule has 0 aromatic heterocycles. The van der Waals surface area contributed by atoms with Gasteiger partial charge in [0.15, 0.2) is 0 Å². The summed E-state index contributed by atoms with van der Waals surface area (Å²) in [6.45, 7) is 2.33. The average molecular weight is 442 g/mol. The van der Waals surface area contributed by atoms with Gasteiger partial charge in [-0.3, -0.25) is 4.79 Å². The van der Waals surface area contributed by atoms with Crippen molar-refractivity contribution in [1.82, 2.24) is 4.72 Å². The first-order valence-electron chi connectivity index (χ1n) is 9.27. The van der Waals surface area contributed by atoms with E-state index in [2.05, 4.69) is 10.0 Å². The van der Waals surface area contributed by atoms with Crippen molar-refractivity contribution in [2.45, 2.75) is 36.9 Å². The summed E-state index contributed by atoms with van der Waals surface area (Å²) < 4.78 is 71.6. The first-order valence-corrected chi connectivity index (χ1v) is 10.7. The van der Waals surface area contributed by atoms with Crippen LogP contribution in [0.1, 0.15) is 34.3 Å². The molecule has 0 saturated carbocycles. The van der Waals surface area contributed by atoms with Gasteiger partial charge >= 0.3 is 6.18 Å². The molecular weight excluding hydrogens is 421 g/mol. The molecule has 2 aromatic carbocycles. The molecule has 0 aliphatic carbocycles. The number of alkyl halides is 3. The number of sulfonamides is 1. The number of hydrogen-bond donors (Lipinski definition) is 2. The van der Waals surface area contributed by atoms with Crippen molar-refractivity contribution in [3.8, 4) is 0 Å². The van der Waals surface area contributed by atoms with Crippen molar-refractivity contribution in [1.29, 1.82) is 0 Å².